The van der Waals surface area contributed by atoms with Crippen LogP contribution in [-0.2, 0) is 16.1 Å². The predicted molar refractivity (Wildman–Crippen MR) is 95.3 cm³/mol. The van der Waals surface area contributed by atoms with Crippen LogP contribution in [0.3, 0.4) is 0 Å². The molecule has 2 aliphatic rings. The lowest BCUT2D eigenvalue weighted by molar-refractivity contribution is -0.137. The third-order valence-electron chi connectivity index (χ3n) is 5.19. The van der Waals surface area contributed by atoms with Crippen LogP contribution in [0.5, 0.6) is 0 Å². The van der Waals surface area contributed by atoms with Crippen molar-refractivity contribution in [3.8, 4) is 0 Å². The largest absolute Gasteiger partial charge is 0.481 e. The third kappa shape index (κ3) is 4.23. The van der Waals surface area contributed by atoms with Crippen molar-refractivity contribution in [2.24, 2.45) is 0 Å². The van der Waals surface area contributed by atoms with Crippen LogP contribution in [0.4, 0.5) is 4.79 Å². The highest BCUT2D eigenvalue weighted by Gasteiger charge is 2.47. The number of piperidine rings is 1. The van der Waals surface area contributed by atoms with Gasteiger partial charge in [-0.2, -0.15) is 5.10 Å². The molecule has 1 spiro atoms. The summed E-state index contributed by atoms with van der Waals surface area (Å²) in [5.41, 5.74) is 0.0207. The molecule has 0 aromatic carbocycles. The number of nitrogens with zero attached hydrogens (tertiary/aromatic N) is 4. The fraction of sp³-hybridized carbons (Fsp3) is 0.667. The lowest BCUT2D eigenvalue weighted by Gasteiger charge is -2.37. The Morgan fingerprint density at radius 3 is 2.70 bits per heavy atom. The van der Waals surface area contributed by atoms with Crippen LogP contribution in [0, 0.1) is 0 Å². The predicted octanol–water partition coefficient (Wildman–Crippen LogP) is 1.58. The monoisotopic (exact) mass is 378 g/mol. The number of amides is 2. The van der Waals surface area contributed by atoms with E-state index in [-0.39, 0.29) is 18.4 Å². The van der Waals surface area contributed by atoms with Crippen molar-refractivity contribution in [3.63, 3.8) is 0 Å². The summed E-state index contributed by atoms with van der Waals surface area (Å²) in [6.07, 6.45) is 3.77. The lowest BCUT2D eigenvalue weighted by atomic mass is 9.91. The van der Waals surface area contributed by atoms with Crippen molar-refractivity contribution in [1.29, 1.82) is 0 Å². The van der Waals surface area contributed by atoms with E-state index in [4.69, 9.17) is 9.84 Å². The molecule has 27 heavy (non-hydrogen) atoms. The summed E-state index contributed by atoms with van der Waals surface area (Å²) in [5.74, 6) is -0.912. The number of hydrogen-bond acceptors (Lipinski definition) is 5. The van der Waals surface area contributed by atoms with E-state index in [0.29, 0.717) is 57.7 Å². The van der Waals surface area contributed by atoms with Gasteiger partial charge in [0.1, 0.15) is 11.3 Å². The van der Waals surface area contributed by atoms with E-state index in [1.165, 1.54) is 0 Å². The molecule has 0 atom stereocenters. The van der Waals surface area contributed by atoms with Crippen LogP contribution in [0.25, 0.3) is 0 Å². The third-order valence-corrected chi connectivity index (χ3v) is 5.19. The molecule has 2 aliphatic heterocycles. The van der Waals surface area contributed by atoms with Crippen LogP contribution in [0.15, 0.2) is 12.3 Å². The first kappa shape index (κ1) is 19.2. The minimum atomic E-state index is -0.869. The van der Waals surface area contributed by atoms with Gasteiger partial charge in [-0.15, -0.1) is 0 Å². The van der Waals surface area contributed by atoms with Gasteiger partial charge >= 0.3 is 12.1 Å². The summed E-state index contributed by atoms with van der Waals surface area (Å²) in [5, 5.41) is 12.9. The van der Waals surface area contributed by atoms with Crippen molar-refractivity contribution < 1.29 is 24.2 Å². The van der Waals surface area contributed by atoms with Crippen LogP contribution < -0.4 is 0 Å². The Balaban J connectivity index is 1.55. The van der Waals surface area contributed by atoms with Crippen molar-refractivity contribution in [1.82, 2.24) is 19.6 Å². The number of likely N-dealkylation sites (tertiary alicyclic amines) is 1. The molecule has 148 valence electrons. The van der Waals surface area contributed by atoms with E-state index in [9.17, 15) is 14.4 Å². The van der Waals surface area contributed by atoms with Gasteiger partial charge in [0.2, 0.25) is 0 Å². The number of carbonyl (C=O) groups excluding carboxylic acids is 2. The fourth-order valence-electron chi connectivity index (χ4n) is 3.73. The zero-order chi connectivity index (χ0) is 19.4. The van der Waals surface area contributed by atoms with Crippen LogP contribution in [0.2, 0.25) is 0 Å². The average Bonchev–Trinajstić information content (AvgIpc) is 3.20. The molecule has 0 unspecified atom stereocenters. The number of hydrogen-bond donors (Lipinski definition) is 1. The maximum Gasteiger partial charge on any atom is 0.410 e. The van der Waals surface area contributed by atoms with Crippen LogP contribution >= 0.6 is 0 Å². The molecule has 0 radical (unpaired) electrons. The smallest absolute Gasteiger partial charge is 0.410 e. The lowest BCUT2D eigenvalue weighted by Crippen LogP contribution is -2.49. The number of rotatable bonds is 7. The standard InChI is InChI=1S/C18H26N4O5/c1-2-9-22-14(5-8-19-22)16(25)20-11-6-18(7-12-20)13-21(17(26)27-18)10-3-4-15(23)24/h5,8H,2-4,6-7,9-13H2,1H3,(H,23,24). The Bertz CT molecular complexity index is 708. The summed E-state index contributed by atoms with van der Waals surface area (Å²) >= 11 is 0. The first-order valence-corrected chi connectivity index (χ1v) is 9.45. The van der Waals surface area contributed by atoms with Crippen molar-refractivity contribution in [3.05, 3.63) is 18.0 Å². The summed E-state index contributed by atoms with van der Waals surface area (Å²) < 4.78 is 7.35. The second-order valence-electron chi connectivity index (χ2n) is 7.20. The van der Waals surface area contributed by atoms with Gasteiger partial charge in [0.05, 0.1) is 6.54 Å². The van der Waals surface area contributed by atoms with E-state index >= 15 is 0 Å². The van der Waals surface area contributed by atoms with Crippen molar-refractivity contribution >= 4 is 18.0 Å². The molecule has 3 rings (SSSR count). The molecule has 0 bridgehead atoms. The van der Waals surface area contributed by atoms with E-state index < -0.39 is 11.6 Å². The maximum absolute atomic E-state index is 12.8. The number of carboxylic acid groups (broad SMARTS) is 1. The van der Waals surface area contributed by atoms with Gasteiger partial charge in [0.15, 0.2) is 0 Å². The van der Waals surface area contributed by atoms with Crippen molar-refractivity contribution in [2.45, 2.75) is 51.2 Å². The number of aryl methyl sites for hydroxylation is 1. The number of carboxylic acids is 1. The molecule has 2 fully saturated rings. The Hall–Kier alpha value is -2.58. The van der Waals surface area contributed by atoms with Crippen molar-refractivity contribution in [2.75, 3.05) is 26.2 Å². The first-order chi connectivity index (χ1) is 12.9. The maximum atomic E-state index is 12.8. The highest BCUT2D eigenvalue weighted by molar-refractivity contribution is 5.92. The molecule has 9 nitrogen and oxygen atoms in total. The van der Waals surface area contributed by atoms with Crippen LogP contribution in [0.1, 0.15) is 49.5 Å². The van der Waals surface area contributed by atoms with Gasteiger partial charge in [-0.25, -0.2) is 4.79 Å². The highest BCUT2D eigenvalue weighted by atomic mass is 16.6. The van der Waals surface area contributed by atoms with Gasteiger partial charge in [0, 0.05) is 51.6 Å². The van der Waals surface area contributed by atoms with Crippen LogP contribution in [-0.4, -0.2) is 74.4 Å². The van der Waals surface area contributed by atoms with E-state index in [2.05, 4.69) is 5.10 Å². The Kier molecular flexibility index (Phi) is 5.67. The van der Waals surface area contributed by atoms with Gasteiger partial charge in [-0.3, -0.25) is 14.3 Å². The molecule has 3 heterocycles. The van der Waals surface area contributed by atoms with Gasteiger partial charge in [0.25, 0.3) is 5.91 Å². The molecule has 1 aromatic rings. The Morgan fingerprint density at radius 2 is 2.04 bits per heavy atom. The Morgan fingerprint density at radius 1 is 1.30 bits per heavy atom. The zero-order valence-electron chi connectivity index (χ0n) is 15.6. The summed E-state index contributed by atoms with van der Waals surface area (Å²) in [6.45, 7) is 4.62. The Labute approximate surface area is 157 Å². The van der Waals surface area contributed by atoms with Gasteiger partial charge in [-0.05, 0) is 18.9 Å². The van der Waals surface area contributed by atoms with E-state index in [1.54, 1.807) is 26.7 Å². The summed E-state index contributed by atoms with van der Waals surface area (Å²) in [7, 11) is 0. The molecular formula is C18H26N4O5. The molecule has 0 aliphatic carbocycles. The quantitative estimate of drug-likeness (QED) is 0.772. The highest BCUT2D eigenvalue weighted by Crippen LogP contribution is 2.33. The second kappa shape index (κ2) is 7.98. The first-order valence-electron chi connectivity index (χ1n) is 9.45. The SMILES string of the molecule is CCCn1nccc1C(=O)N1CCC2(CC1)CN(CCCC(=O)O)C(=O)O2. The van der Waals surface area contributed by atoms with E-state index in [0.717, 1.165) is 6.42 Å². The normalized spacial score (nSPS) is 18.8. The van der Waals surface area contributed by atoms with Gasteiger partial charge < -0.3 is 19.6 Å². The number of aliphatic carboxylic acids is 1. The average molecular weight is 378 g/mol. The number of aromatic nitrogens is 2. The summed E-state index contributed by atoms with van der Waals surface area (Å²) in [4.78, 5) is 38.9. The number of ether oxygens (including phenoxy) is 1. The molecule has 0 saturated carbocycles. The minimum Gasteiger partial charge on any atom is -0.481 e. The molecule has 2 amide bonds. The second-order valence-corrected chi connectivity index (χ2v) is 7.20. The molecule has 2 saturated heterocycles. The topological polar surface area (TPSA) is 105 Å². The van der Waals surface area contributed by atoms with Gasteiger partial charge in [-0.1, -0.05) is 6.92 Å². The number of carbonyl (C=O) groups is 3. The van der Waals surface area contributed by atoms with E-state index in [1.807, 2.05) is 6.92 Å². The molecule has 9 heteroatoms. The molecule has 1 N–H and O–H groups in total. The zero-order valence-corrected chi connectivity index (χ0v) is 15.6. The summed E-state index contributed by atoms with van der Waals surface area (Å²) in [6, 6.07) is 1.74. The molecule has 1 aromatic heterocycles. The molecular weight excluding hydrogens is 352 g/mol. The fourth-order valence-corrected chi connectivity index (χ4v) is 3.73. The minimum absolute atomic E-state index is 0.0322.